The monoisotopic (exact) mass is 350 g/mol. The van der Waals surface area contributed by atoms with Crippen molar-refractivity contribution >= 4 is 11.9 Å². The van der Waals surface area contributed by atoms with E-state index in [1.165, 1.54) is 10.7 Å². The third kappa shape index (κ3) is 3.38. The van der Waals surface area contributed by atoms with Crippen LogP contribution in [0, 0.1) is 11.6 Å². The van der Waals surface area contributed by atoms with Crippen LogP contribution in [0.15, 0.2) is 18.2 Å². The largest absolute Gasteiger partial charge is 0.481 e. The zero-order chi connectivity index (χ0) is 18.1. The SMILES string of the molecule is O=C(O)CC1CCCc2c1c(C(=O)O)nn2Cc1ccc(F)cc1F. The summed E-state index contributed by atoms with van der Waals surface area (Å²) in [6.07, 6.45) is 1.62. The van der Waals surface area contributed by atoms with Crippen LogP contribution in [0.5, 0.6) is 0 Å². The van der Waals surface area contributed by atoms with Gasteiger partial charge in [0.1, 0.15) is 11.6 Å². The van der Waals surface area contributed by atoms with Crippen molar-refractivity contribution in [3.05, 3.63) is 52.3 Å². The number of benzene rings is 1. The number of aromatic nitrogens is 2. The summed E-state index contributed by atoms with van der Waals surface area (Å²) in [6, 6.07) is 3.17. The summed E-state index contributed by atoms with van der Waals surface area (Å²) in [4.78, 5) is 22.6. The minimum absolute atomic E-state index is 0.0402. The average Bonchev–Trinajstić information content (AvgIpc) is 2.90. The van der Waals surface area contributed by atoms with Crippen LogP contribution in [-0.2, 0) is 17.8 Å². The summed E-state index contributed by atoms with van der Waals surface area (Å²) in [5.41, 5.74) is 1.02. The molecule has 0 fully saturated rings. The Morgan fingerprint density at radius 1 is 1.28 bits per heavy atom. The van der Waals surface area contributed by atoms with Gasteiger partial charge in [-0.2, -0.15) is 5.10 Å². The lowest BCUT2D eigenvalue weighted by Gasteiger charge is -2.22. The van der Waals surface area contributed by atoms with Crippen LogP contribution in [0.1, 0.15) is 52.5 Å². The molecule has 1 aromatic carbocycles. The number of halogens is 2. The van der Waals surface area contributed by atoms with E-state index in [0.29, 0.717) is 30.5 Å². The van der Waals surface area contributed by atoms with Crippen molar-refractivity contribution in [3.63, 3.8) is 0 Å². The number of fused-ring (bicyclic) bond motifs is 1. The molecule has 8 heteroatoms. The summed E-state index contributed by atoms with van der Waals surface area (Å²) in [7, 11) is 0. The first-order chi connectivity index (χ1) is 11.9. The van der Waals surface area contributed by atoms with Gasteiger partial charge in [-0.05, 0) is 31.2 Å². The third-order valence-corrected chi connectivity index (χ3v) is 4.43. The van der Waals surface area contributed by atoms with E-state index in [4.69, 9.17) is 5.11 Å². The number of hydrogen-bond acceptors (Lipinski definition) is 3. The molecule has 1 heterocycles. The molecule has 1 atom stereocenters. The van der Waals surface area contributed by atoms with E-state index in [9.17, 15) is 23.5 Å². The smallest absolute Gasteiger partial charge is 0.356 e. The maximum absolute atomic E-state index is 13.9. The standard InChI is InChI=1S/C17H16F2N2O4/c18-11-5-4-10(12(19)7-11)8-21-13-3-1-2-9(6-14(22)23)15(13)16(20-21)17(24)25/h4-5,7,9H,1-3,6,8H2,(H,22,23)(H,24,25). The molecule has 0 saturated carbocycles. The van der Waals surface area contributed by atoms with Crippen LogP contribution in [0.25, 0.3) is 0 Å². The predicted octanol–water partition coefficient (Wildman–Crippen LogP) is 2.80. The Bertz CT molecular complexity index is 847. The van der Waals surface area contributed by atoms with Crippen molar-refractivity contribution in [2.45, 2.75) is 38.1 Å². The molecule has 1 aromatic heterocycles. The number of carbonyl (C=O) groups is 2. The molecule has 0 aliphatic heterocycles. The molecule has 1 aliphatic carbocycles. The fourth-order valence-electron chi connectivity index (χ4n) is 3.38. The van der Waals surface area contributed by atoms with Crippen molar-refractivity contribution in [3.8, 4) is 0 Å². The van der Waals surface area contributed by atoms with Crippen LogP contribution < -0.4 is 0 Å². The fraction of sp³-hybridized carbons (Fsp3) is 0.353. The van der Waals surface area contributed by atoms with Crippen LogP contribution >= 0.6 is 0 Å². The van der Waals surface area contributed by atoms with Crippen LogP contribution in [0.2, 0.25) is 0 Å². The summed E-state index contributed by atoms with van der Waals surface area (Å²) >= 11 is 0. The number of rotatable bonds is 5. The molecule has 1 aliphatic rings. The molecular weight excluding hydrogens is 334 g/mol. The van der Waals surface area contributed by atoms with E-state index < -0.39 is 29.5 Å². The van der Waals surface area contributed by atoms with Crippen molar-refractivity contribution in [2.75, 3.05) is 0 Å². The second kappa shape index (κ2) is 6.62. The van der Waals surface area contributed by atoms with Crippen molar-refractivity contribution in [1.82, 2.24) is 9.78 Å². The number of carboxylic acids is 2. The summed E-state index contributed by atoms with van der Waals surface area (Å²) in [5.74, 6) is -4.12. The lowest BCUT2D eigenvalue weighted by Crippen LogP contribution is -2.17. The quantitative estimate of drug-likeness (QED) is 0.865. The molecule has 0 amide bonds. The number of carboxylic acid groups (broad SMARTS) is 2. The van der Waals surface area contributed by atoms with Gasteiger partial charge in [-0.3, -0.25) is 9.48 Å². The summed E-state index contributed by atoms with van der Waals surface area (Å²) in [5, 5.41) is 22.6. The Balaban J connectivity index is 2.03. The zero-order valence-electron chi connectivity index (χ0n) is 13.2. The number of nitrogens with zero attached hydrogens (tertiary/aromatic N) is 2. The van der Waals surface area contributed by atoms with E-state index in [-0.39, 0.29) is 24.2 Å². The Labute approximate surface area is 141 Å². The average molecular weight is 350 g/mol. The van der Waals surface area contributed by atoms with Gasteiger partial charge in [-0.1, -0.05) is 6.07 Å². The second-order valence-electron chi connectivity index (χ2n) is 6.09. The molecule has 1 unspecified atom stereocenters. The Morgan fingerprint density at radius 2 is 2.04 bits per heavy atom. The predicted molar refractivity (Wildman–Crippen MR) is 82.6 cm³/mol. The highest BCUT2D eigenvalue weighted by molar-refractivity contribution is 5.88. The summed E-state index contributed by atoms with van der Waals surface area (Å²) < 4.78 is 28.3. The van der Waals surface area contributed by atoms with E-state index in [2.05, 4.69) is 5.10 Å². The molecule has 0 saturated heterocycles. The van der Waals surface area contributed by atoms with Crippen molar-refractivity contribution < 1.29 is 28.6 Å². The molecule has 2 aromatic rings. The first kappa shape index (κ1) is 17.1. The van der Waals surface area contributed by atoms with Gasteiger partial charge < -0.3 is 10.2 Å². The Hall–Kier alpha value is -2.77. The molecule has 25 heavy (non-hydrogen) atoms. The molecule has 2 N–H and O–H groups in total. The normalized spacial score (nSPS) is 16.5. The lowest BCUT2D eigenvalue weighted by atomic mass is 9.83. The first-order valence-electron chi connectivity index (χ1n) is 7.85. The molecular formula is C17H16F2N2O4. The first-order valence-corrected chi connectivity index (χ1v) is 7.85. The highest BCUT2D eigenvalue weighted by Crippen LogP contribution is 2.36. The fourth-order valence-corrected chi connectivity index (χ4v) is 3.38. The zero-order valence-corrected chi connectivity index (χ0v) is 13.2. The minimum Gasteiger partial charge on any atom is -0.481 e. The molecule has 3 rings (SSSR count). The van der Waals surface area contributed by atoms with Crippen LogP contribution in [0.4, 0.5) is 8.78 Å². The van der Waals surface area contributed by atoms with Gasteiger partial charge >= 0.3 is 11.9 Å². The van der Waals surface area contributed by atoms with Gasteiger partial charge in [0, 0.05) is 22.9 Å². The highest BCUT2D eigenvalue weighted by Gasteiger charge is 2.32. The Morgan fingerprint density at radius 3 is 2.68 bits per heavy atom. The maximum atomic E-state index is 13.9. The van der Waals surface area contributed by atoms with Gasteiger partial charge in [-0.15, -0.1) is 0 Å². The number of hydrogen-bond donors (Lipinski definition) is 2. The van der Waals surface area contributed by atoms with Gasteiger partial charge in [-0.25, -0.2) is 13.6 Å². The van der Waals surface area contributed by atoms with Gasteiger partial charge in [0.2, 0.25) is 0 Å². The second-order valence-corrected chi connectivity index (χ2v) is 6.09. The number of aromatic carboxylic acids is 1. The minimum atomic E-state index is -1.24. The molecule has 0 radical (unpaired) electrons. The summed E-state index contributed by atoms with van der Waals surface area (Å²) in [6.45, 7) is -0.0402. The highest BCUT2D eigenvalue weighted by atomic mass is 19.1. The third-order valence-electron chi connectivity index (χ3n) is 4.43. The molecule has 0 spiro atoms. The van der Waals surface area contributed by atoms with Gasteiger partial charge in [0.05, 0.1) is 13.0 Å². The van der Waals surface area contributed by atoms with Crippen LogP contribution in [0.3, 0.4) is 0 Å². The van der Waals surface area contributed by atoms with Crippen LogP contribution in [-0.4, -0.2) is 31.9 Å². The van der Waals surface area contributed by atoms with E-state index in [0.717, 1.165) is 12.1 Å². The molecule has 6 nitrogen and oxygen atoms in total. The van der Waals surface area contributed by atoms with E-state index in [1.807, 2.05) is 0 Å². The molecule has 132 valence electrons. The topological polar surface area (TPSA) is 92.4 Å². The number of aliphatic carboxylic acids is 1. The van der Waals surface area contributed by atoms with E-state index >= 15 is 0 Å². The van der Waals surface area contributed by atoms with Gasteiger partial charge in [0.25, 0.3) is 0 Å². The maximum Gasteiger partial charge on any atom is 0.356 e. The van der Waals surface area contributed by atoms with Crippen molar-refractivity contribution in [1.29, 1.82) is 0 Å². The molecule has 0 bridgehead atoms. The van der Waals surface area contributed by atoms with E-state index in [1.54, 1.807) is 0 Å². The lowest BCUT2D eigenvalue weighted by molar-refractivity contribution is -0.137. The Kier molecular flexibility index (Phi) is 4.52. The van der Waals surface area contributed by atoms with Crippen molar-refractivity contribution in [2.24, 2.45) is 0 Å². The van der Waals surface area contributed by atoms with Gasteiger partial charge in [0.15, 0.2) is 5.69 Å².